The summed E-state index contributed by atoms with van der Waals surface area (Å²) in [6.45, 7) is 10.3. The summed E-state index contributed by atoms with van der Waals surface area (Å²) < 4.78 is 0. The fraction of sp³-hybridized carbons (Fsp3) is 0.923. The van der Waals surface area contributed by atoms with E-state index in [4.69, 9.17) is 0 Å². The van der Waals surface area contributed by atoms with Crippen molar-refractivity contribution in [3.05, 3.63) is 0 Å². The van der Waals surface area contributed by atoms with E-state index in [1.54, 1.807) is 0 Å². The minimum Gasteiger partial charge on any atom is -0.362 e. The lowest BCUT2D eigenvalue weighted by molar-refractivity contribution is 0.400. The molecular weight excluding hydrogens is 216 g/mol. The standard InChI is InChI=1S/C13H24N2S/c1-9-5-6-11(10(9)2)15-12-14-7-13(3,4)8-16-12/h9-11H,5-8H2,1-4H3,(H,14,15). The van der Waals surface area contributed by atoms with Crippen LogP contribution in [0.1, 0.15) is 40.5 Å². The van der Waals surface area contributed by atoms with E-state index < -0.39 is 0 Å². The smallest absolute Gasteiger partial charge is 0.156 e. The molecule has 1 aliphatic carbocycles. The summed E-state index contributed by atoms with van der Waals surface area (Å²) in [4.78, 5) is 4.67. The Bertz CT molecular complexity index is 286. The summed E-state index contributed by atoms with van der Waals surface area (Å²) in [5.41, 5.74) is 0.379. The molecule has 1 fully saturated rings. The Balaban J connectivity index is 1.89. The van der Waals surface area contributed by atoms with E-state index in [9.17, 15) is 0 Å². The third kappa shape index (κ3) is 2.73. The topological polar surface area (TPSA) is 24.4 Å². The quantitative estimate of drug-likeness (QED) is 0.761. The van der Waals surface area contributed by atoms with E-state index in [0.717, 1.165) is 18.4 Å². The van der Waals surface area contributed by atoms with E-state index in [1.165, 1.54) is 23.8 Å². The number of hydrogen-bond acceptors (Lipinski definition) is 3. The van der Waals surface area contributed by atoms with E-state index in [2.05, 4.69) is 38.0 Å². The Hall–Kier alpha value is -0.180. The van der Waals surface area contributed by atoms with Gasteiger partial charge >= 0.3 is 0 Å². The fourth-order valence-corrected chi connectivity index (χ4v) is 3.46. The molecule has 0 aromatic rings. The maximum Gasteiger partial charge on any atom is 0.156 e. The first-order valence-electron chi connectivity index (χ1n) is 6.42. The second-order valence-electron chi connectivity index (χ2n) is 6.24. The molecule has 0 aromatic heterocycles. The Morgan fingerprint density at radius 2 is 2.06 bits per heavy atom. The van der Waals surface area contributed by atoms with Gasteiger partial charge in [-0.3, -0.25) is 4.99 Å². The van der Waals surface area contributed by atoms with Gasteiger partial charge < -0.3 is 5.32 Å². The minimum atomic E-state index is 0.379. The van der Waals surface area contributed by atoms with Gasteiger partial charge in [0.25, 0.3) is 0 Å². The Morgan fingerprint density at radius 1 is 1.31 bits per heavy atom. The largest absolute Gasteiger partial charge is 0.362 e. The number of thioether (sulfide) groups is 1. The lowest BCUT2D eigenvalue weighted by Crippen LogP contribution is -2.39. The molecule has 1 heterocycles. The lowest BCUT2D eigenvalue weighted by atomic mass is 9.97. The van der Waals surface area contributed by atoms with Gasteiger partial charge in [0.05, 0.1) is 0 Å². The van der Waals surface area contributed by atoms with E-state index in [0.29, 0.717) is 11.5 Å². The number of nitrogens with one attached hydrogen (secondary N) is 1. The molecule has 2 rings (SSSR count). The van der Waals surface area contributed by atoms with Crippen LogP contribution in [0.4, 0.5) is 0 Å². The van der Waals surface area contributed by atoms with Gasteiger partial charge in [0.2, 0.25) is 0 Å². The summed E-state index contributed by atoms with van der Waals surface area (Å²) in [5.74, 6) is 2.84. The monoisotopic (exact) mass is 240 g/mol. The van der Waals surface area contributed by atoms with Gasteiger partial charge in [-0.2, -0.15) is 0 Å². The van der Waals surface area contributed by atoms with Crippen LogP contribution in [0, 0.1) is 17.3 Å². The molecule has 16 heavy (non-hydrogen) atoms. The van der Waals surface area contributed by atoms with Crippen molar-refractivity contribution in [1.29, 1.82) is 0 Å². The molecule has 3 heteroatoms. The highest BCUT2D eigenvalue weighted by Crippen LogP contribution is 2.33. The number of nitrogens with zero attached hydrogens (tertiary/aromatic N) is 1. The lowest BCUT2D eigenvalue weighted by Gasteiger charge is -2.29. The normalized spacial score (nSPS) is 38.2. The first kappa shape index (κ1) is 12.3. The van der Waals surface area contributed by atoms with Crippen LogP contribution in [0.25, 0.3) is 0 Å². The predicted molar refractivity (Wildman–Crippen MR) is 73.0 cm³/mol. The zero-order chi connectivity index (χ0) is 11.8. The molecule has 92 valence electrons. The van der Waals surface area contributed by atoms with Crippen molar-refractivity contribution in [1.82, 2.24) is 5.32 Å². The number of amidine groups is 1. The van der Waals surface area contributed by atoms with Gasteiger partial charge in [0.1, 0.15) is 0 Å². The first-order valence-corrected chi connectivity index (χ1v) is 7.40. The molecule has 0 amide bonds. The van der Waals surface area contributed by atoms with Gasteiger partial charge in [-0.05, 0) is 30.1 Å². The molecule has 1 saturated carbocycles. The van der Waals surface area contributed by atoms with Crippen LogP contribution in [0.3, 0.4) is 0 Å². The summed E-state index contributed by atoms with van der Waals surface area (Å²) in [5, 5.41) is 4.83. The highest BCUT2D eigenvalue weighted by atomic mass is 32.2. The highest BCUT2D eigenvalue weighted by Gasteiger charge is 2.31. The average Bonchev–Trinajstić information content (AvgIpc) is 2.53. The first-order chi connectivity index (χ1) is 7.48. The van der Waals surface area contributed by atoms with Crippen molar-refractivity contribution < 1.29 is 0 Å². The zero-order valence-corrected chi connectivity index (χ0v) is 11.7. The average molecular weight is 240 g/mol. The minimum absolute atomic E-state index is 0.379. The molecule has 0 saturated heterocycles. The number of hydrogen-bond donors (Lipinski definition) is 1. The van der Waals surface area contributed by atoms with Crippen LogP contribution >= 0.6 is 11.8 Å². The van der Waals surface area contributed by atoms with Crippen molar-refractivity contribution in [2.24, 2.45) is 22.2 Å². The third-order valence-corrected chi connectivity index (χ3v) is 5.47. The maximum atomic E-state index is 4.67. The van der Waals surface area contributed by atoms with E-state index >= 15 is 0 Å². The molecular formula is C13H24N2S. The molecule has 3 atom stereocenters. The van der Waals surface area contributed by atoms with Gasteiger partial charge in [-0.15, -0.1) is 0 Å². The van der Waals surface area contributed by atoms with Crippen LogP contribution in [0.2, 0.25) is 0 Å². The van der Waals surface area contributed by atoms with Crippen LogP contribution in [0.15, 0.2) is 4.99 Å². The molecule has 3 unspecified atom stereocenters. The highest BCUT2D eigenvalue weighted by molar-refractivity contribution is 8.13. The summed E-state index contributed by atoms with van der Waals surface area (Å²) in [7, 11) is 0. The van der Waals surface area contributed by atoms with Crippen molar-refractivity contribution in [2.75, 3.05) is 12.3 Å². The van der Waals surface area contributed by atoms with Crippen molar-refractivity contribution in [3.63, 3.8) is 0 Å². The Labute approximate surface area is 104 Å². The fourth-order valence-electron chi connectivity index (χ4n) is 2.46. The summed E-state index contributed by atoms with van der Waals surface area (Å²) in [6.07, 6.45) is 2.67. The van der Waals surface area contributed by atoms with Gasteiger partial charge in [0, 0.05) is 18.3 Å². The van der Waals surface area contributed by atoms with Crippen LogP contribution in [-0.4, -0.2) is 23.5 Å². The summed E-state index contributed by atoms with van der Waals surface area (Å²) in [6, 6.07) is 0.655. The Morgan fingerprint density at radius 3 is 2.56 bits per heavy atom. The predicted octanol–water partition coefficient (Wildman–Crippen LogP) is 3.14. The van der Waals surface area contributed by atoms with Crippen LogP contribution < -0.4 is 5.32 Å². The SMILES string of the molecule is CC1CCC(NC2=NCC(C)(C)CS2)C1C. The molecule has 2 nitrogen and oxygen atoms in total. The number of rotatable bonds is 1. The second-order valence-corrected chi connectivity index (χ2v) is 7.20. The third-order valence-electron chi connectivity index (χ3n) is 4.02. The molecule has 1 aliphatic heterocycles. The molecule has 0 aromatic carbocycles. The molecule has 0 bridgehead atoms. The number of aliphatic imine (C=N–C) groups is 1. The van der Waals surface area contributed by atoms with Gasteiger partial charge in [0.15, 0.2) is 5.17 Å². The maximum absolute atomic E-state index is 4.67. The van der Waals surface area contributed by atoms with Crippen molar-refractivity contribution in [2.45, 2.75) is 46.6 Å². The van der Waals surface area contributed by atoms with Crippen molar-refractivity contribution >= 4 is 16.9 Å². The van der Waals surface area contributed by atoms with E-state index in [-0.39, 0.29) is 0 Å². The molecule has 2 aliphatic rings. The van der Waals surface area contributed by atoms with Gasteiger partial charge in [-0.25, -0.2) is 0 Å². The zero-order valence-electron chi connectivity index (χ0n) is 10.9. The van der Waals surface area contributed by atoms with E-state index in [1.807, 2.05) is 11.8 Å². The van der Waals surface area contributed by atoms with Crippen LogP contribution in [-0.2, 0) is 0 Å². The molecule has 0 radical (unpaired) electrons. The van der Waals surface area contributed by atoms with Crippen molar-refractivity contribution in [3.8, 4) is 0 Å². The van der Waals surface area contributed by atoms with Gasteiger partial charge in [-0.1, -0.05) is 39.5 Å². The molecule has 0 spiro atoms. The van der Waals surface area contributed by atoms with Crippen LogP contribution in [0.5, 0.6) is 0 Å². The molecule has 1 N–H and O–H groups in total. The summed E-state index contributed by atoms with van der Waals surface area (Å²) >= 11 is 1.90. The Kier molecular flexibility index (Phi) is 3.53. The second kappa shape index (κ2) is 4.59.